The van der Waals surface area contributed by atoms with E-state index >= 15 is 0 Å². The molecule has 1 amide bonds. The smallest absolute Gasteiger partial charge is 0.352 e. The largest absolute Gasteiger partial charge is 0.477 e. The number of amides is 1. The lowest BCUT2D eigenvalue weighted by molar-refractivity contribution is -0.147. The van der Waals surface area contributed by atoms with Crippen LogP contribution in [-0.2, 0) is 9.59 Å². The molecule has 3 N–H and O–H groups in total. The number of carboxylic acids is 1. The van der Waals surface area contributed by atoms with Crippen molar-refractivity contribution in [2.45, 2.75) is 16.1 Å². The van der Waals surface area contributed by atoms with E-state index < -0.39 is 16.7 Å². The molecule has 0 aliphatic carbocycles. The van der Waals surface area contributed by atoms with Crippen molar-refractivity contribution in [3.8, 4) is 0 Å². The number of halogens is 1. The highest BCUT2D eigenvalue weighted by Crippen LogP contribution is 2.41. The molecule has 2 aliphatic rings. The SMILES string of the molecule is NC1C(=O)N2C(C(=O)O)=CC(Cl)S[C@H]12. The molecule has 1 saturated heterocycles. The highest BCUT2D eigenvalue weighted by molar-refractivity contribution is 8.02. The summed E-state index contributed by atoms with van der Waals surface area (Å²) < 4.78 is -0.443. The van der Waals surface area contributed by atoms with Crippen LogP contribution in [0.25, 0.3) is 0 Å². The lowest BCUT2D eigenvalue weighted by Gasteiger charge is -2.47. The van der Waals surface area contributed by atoms with Gasteiger partial charge in [0, 0.05) is 0 Å². The molecule has 5 nitrogen and oxygen atoms in total. The first-order valence-electron chi connectivity index (χ1n) is 3.85. The summed E-state index contributed by atoms with van der Waals surface area (Å²) >= 11 is 7.07. The number of carbonyl (C=O) groups is 2. The molecule has 2 rings (SSSR count). The first-order chi connectivity index (χ1) is 6.52. The molecule has 2 heterocycles. The third kappa shape index (κ3) is 1.22. The number of nitrogens with two attached hydrogens (primary N) is 1. The number of hydrogen-bond donors (Lipinski definition) is 2. The zero-order valence-electron chi connectivity index (χ0n) is 6.88. The van der Waals surface area contributed by atoms with Crippen molar-refractivity contribution in [3.05, 3.63) is 11.8 Å². The predicted molar refractivity (Wildman–Crippen MR) is 51.6 cm³/mol. The molecule has 0 aromatic carbocycles. The van der Waals surface area contributed by atoms with Crippen LogP contribution in [0.1, 0.15) is 0 Å². The molecule has 7 heteroatoms. The van der Waals surface area contributed by atoms with E-state index in [0.29, 0.717) is 0 Å². The molecule has 2 unspecified atom stereocenters. The van der Waals surface area contributed by atoms with Crippen LogP contribution in [0.2, 0.25) is 0 Å². The highest BCUT2D eigenvalue weighted by Gasteiger charge is 2.51. The minimum atomic E-state index is -1.15. The molecule has 0 bridgehead atoms. The topological polar surface area (TPSA) is 83.6 Å². The van der Waals surface area contributed by atoms with Gasteiger partial charge >= 0.3 is 5.97 Å². The van der Waals surface area contributed by atoms with E-state index in [1.807, 2.05) is 0 Å². The van der Waals surface area contributed by atoms with Crippen LogP contribution >= 0.6 is 23.4 Å². The number of fused-ring (bicyclic) bond motifs is 1. The molecule has 0 saturated carbocycles. The third-order valence-corrected chi connectivity index (χ3v) is 3.73. The first-order valence-corrected chi connectivity index (χ1v) is 5.23. The molecule has 3 atom stereocenters. The summed E-state index contributed by atoms with van der Waals surface area (Å²) in [7, 11) is 0. The summed E-state index contributed by atoms with van der Waals surface area (Å²) in [5.74, 6) is -1.51. The number of β-lactam (4-membered cyclic amide) rings is 1. The van der Waals surface area contributed by atoms with Gasteiger partial charge in [0.05, 0.1) is 0 Å². The Morgan fingerprint density at radius 2 is 2.36 bits per heavy atom. The summed E-state index contributed by atoms with van der Waals surface area (Å²) in [6.45, 7) is 0. The monoisotopic (exact) mass is 234 g/mol. The van der Waals surface area contributed by atoms with Crippen LogP contribution in [0.15, 0.2) is 11.8 Å². The van der Waals surface area contributed by atoms with Crippen molar-refractivity contribution in [3.63, 3.8) is 0 Å². The second-order valence-corrected chi connectivity index (χ2v) is 4.96. The van der Waals surface area contributed by atoms with Crippen LogP contribution in [0.4, 0.5) is 0 Å². The molecule has 0 spiro atoms. The van der Waals surface area contributed by atoms with E-state index in [4.69, 9.17) is 22.4 Å². The first kappa shape index (κ1) is 9.82. The fraction of sp³-hybridized carbons (Fsp3) is 0.429. The highest BCUT2D eigenvalue weighted by atomic mass is 35.5. The number of alkyl halides is 1. The van der Waals surface area contributed by atoms with E-state index in [1.165, 1.54) is 22.7 Å². The quantitative estimate of drug-likeness (QED) is 0.483. The number of hydrogen-bond acceptors (Lipinski definition) is 4. The number of carbonyl (C=O) groups excluding carboxylic acids is 1. The van der Waals surface area contributed by atoms with Gasteiger partial charge in [-0.05, 0) is 6.08 Å². The fourth-order valence-electron chi connectivity index (χ4n) is 1.44. The van der Waals surface area contributed by atoms with Gasteiger partial charge in [0.15, 0.2) is 0 Å². The molecule has 14 heavy (non-hydrogen) atoms. The van der Waals surface area contributed by atoms with Gasteiger partial charge in [0.25, 0.3) is 0 Å². The molecule has 2 aliphatic heterocycles. The van der Waals surface area contributed by atoms with Crippen molar-refractivity contribution in [1.29, 1.82) is 0 Å². The average Bonchev–Trinajstić information content (AvgIpc) is 2.15. The van der Waals surface area contributed by atoms with E-state index in [2.05, 4.69) is 0 Å². The lowest BCUT2D eigenvalue weighted by Crippen LogP contribution is -2.68. The average molecular weight is 235 g/mol. The Morgan fingerprint density at radius 3 is 2.93 bits per heavy atom. The number of carboxylic acid groups (broad SMARTS) is 1. The van der Waals surface area contributed by atoms with Gasteiger partial charge in [-0.3, -0.25) is 9.69 Å². The number of rotatable bonds is 1. The molecular weight excluding hydrogens is 228 g/mol. The van der Waals surface area contributed by atoms with Gasteiger partial charge in [-0.2, -0.15) is 0 Å². The Bertz CT molecular complexity index is 346. The van der Waals surface area contributed by atoms with Crippen LogP contribution in [0, 0.1) is 0 Å². The Kier molecular flexibility index (Phi) is 2.21. The van der Waals surface area contributed by atoms with Crippen molar-refractivity contribution in [2.24, 2.45) is 5.73 Å². The summed E-state index contributed by atoms with van der Waals surface area (Å²) in [6.07, 6.45) is 1.34. The Labute approximate surface area is 88.9 Å². The van der Waals surface area contributed by atoms with Gasteiger partial charge in [-0.15, -0.1) is 23.4 Å². The fourth-order valence-corrected chi connectivity index (χ4v) is 2.97. The standard InChI is InChI=1S/C7H7ClN2O3S/c8-3-1-2(7(12)13)10-5(11)4(9)6(10)14-3/h1,3-4,6H,9H2,(H,12,13)/t3?,4?,6-/m1/s1. The normalized spacial score (nSPS) is 35.9. The zero-order valence-corrected chi connectivity index (χ0v) is 8.46. The Balaban J connectivity index is 2.32. The third-order valence-electron chi connectivity index (χ3n) is 2.12. The van der Waals surface area contributed by atoms with E-state index in [0.717, 1.165) is 0 Å². The molecular formula is C7H7ClN2O3S. The second kappa shape index (κ2) is 3.15. The predicted octanol–water partition coefficient (Wildman–Crippen LogP) is -0.238. The number of nitrogens with zero attached hydrogens (tertiary/aromatic N) is 1. The summed E-state index contributed by atoms with van der Waals surface area (Å²) in [4.78, 5) is 23.2. The van der Waals surface area contributed by atoms with Gasteiger partial charge in [-0.25, -0.2) is 4.79 Å². The van der Waals surface area contributed by atoms with Gasteiger partial charge in [0.2, 0.25) is 5.91 Å². The van der Waals surface area contributed by atoms with Crippen molar-refractivity contribution >= 4 is 35.2 Å². The summed E-state index contributed by atoms with van der Waals surface area (Å²) in [5, 5.41) is 8.48. The molecule has 76 valence electrons. The minimum absolute atomic E-state index is 0.0690. The van der Waals surface area contributed by atoms with E-state index in [9.17, 15) is 9.59 Å². The van der Waals surface area contributed by atoms with Crippen LogP contribution in [-0.4, -0.2) is 38.0 Å². The molecule has 0 aromatic rings. The van der Waals surface area contributed by atoms with Gasteiger partial charge in [-0.1, -0.05) is 0 Å². The van der Waals surface area contributed by atoms with E-state index in [1.54, 1.807) is 0 Å². The van der Waals surface area contributed by atoms with Gasteiger partial charge in [0.1, 0.15) is 21.8 Å². The summed E-state index contributed by atoms with van der Waals surface area (Å²) in [6, 6.07) is -0.635. The summed E-state index contributed by atoms with van der Waals surface area (Å²) in [5.41, 5.74) is 5.44. The lowest BCUT2D eigenvalue weighted by atomic mass is 10.1. The van der Waals surface area contributed by atoms with E-state index in [-0.39, 0.29) is 17.0 Å². The van der Waals surface area contributed by atoms with Crippen LogP contribution in [0.5, 0.6) is 0 Å². The molecule has 0 radical (unpaired) electrons. The van der Waals surface area contributed by atoms with Crippen molar-refractivity contribution < 1.29 is 14.7 Å². The van der Waals surface area contributed by atoms with Gasteiger partial charge < -0.3 is 10.8 Å². The molecule has 1 fully saturated rings. The second-order valence-electron chi connectivity index (χ2n) is 2.97. The maximum absolute atomic E-state index is 11.3. The van der Waals surface area contributed by atoms with Crippen molar-refractivity contribution in [1.82, 2.24) is 4.90 Å². The van der Waals surface area contributed by atoms with Crippen LogP contribution < -0.4 is 5.73 Å². The maximum Gasteiger partial charge on any atom is 0.352 e. The van der Waals surface area contributed by atoms with Crippen LogP contribution in [0.3, 0.4) is 0 Å². The zero-order chi connectivity index (χ0) is 10.5. The number of aliphatic carboxylic acids is 1. The maximum atomic E-state index is 11.3. The number of thioether (sulfide) groups is 1. The minimum Gasteiger partial charge on any atom is -0.477 e. The Hall–Kier alpha value is -0.720. The Morgan fingerprint density at radius 1 is 1.71 bits per heavy atom. The van der Waals surface area contributed by atoms with Crippen molar-refractivity contribution in [2.75, 3.05) is 0 Å². The molecule has 0 aromatic heterocycles.